The van der Waals surface area contributed by atoms with Gasteiger partial charge in [0.25, 0.3) is 0 Å². The Labute approximate surface area is 89.3 Å². The predicted octanol–water partition coefficient (Wildman–Crippen LogP) is -0.246. The lowest BCUT2D eigenvalue weighted by atomic mass is 10.1. The van der Waals surface area contributed by atoms with Crippen LogP contribution in [-0.2, 0) is 4.79 Å². The molecule has 0 aliphatic rings. The molecule has 0 aromatic carbocycles. The van der Waals surface area contributed by atoms with E-state index in [-0.39, 0.29) is 10.7 Å². The molecule has 0 saturated heterocycles. The molecule has 7 heteroatoms. The molecule has 4 N–H and O–H groups in total. The van der Waals surface area contributed by atoms with E-state index in [2.05, 4.69) is 4.98 Å². The van der Waals surface area contributed by atoms with Gasteiger partial charge in [-0.25, -0.2) is 9.37 Å². The molecule has 2 unspecified atom stereocenters. The summed E-state index contributed by atoms with van der Waals surface area (Å²) in [7, 11) is 0. The number of hydrogen-bond donors (Lipinski definition) is 3. The quantitative estimate of drug-likeness (QED) is 0.629. The number of primary amides is 1. The SMILES string of the molecule is NC(=O)C(O)C(O)c1cc(F)cnc1Cl. The summed E-state index contributed by atoms with van der Waals surface area (Å²) in [4.78, 5) is 14.0. The highest BCUT2D eigenvalue weighted by atomic mass is 35.5. The molecule has 0 saturated carbocycles. The second-order valence-electron chi connectivity index (χ2n) is 2.83. The van der Waals surface area contributed by atoms with Crippen LogP contribution in [-0.4, -0.2) is 27.2 Å². The van der Waals surface area contributed by atoms with Gasteiger partial charge in [-0.3, -0.25) is 4.79 Å². The normalized spacial score (nSPS) is 14.7. The number of halogens is 2. The van der Waals surface area contributed by atoms with E-state index in [0.717, 1.165) is 12.3 Å². The van der Waals surface area contributed by atoms with Crippen LogP contribution in [0.5, 0.6) is 0 Å². The lowest BCUT2D eigenvalue weighted by Gasteiger charge is -2.15. The van der Waals surface area contributed by atoms with Crippen molar-refractivity contribution >= 4 is 17.5 Å². The van der Waals surface area contributed by atoms with Gasteiger partial charge in [0.05, 0.1) is 6.20 Å². The van der Waals surface area contributed by atoms with Crippen LogP contribution in [0.1, 0.15) is 11.7 Å². The number of amides is 1. The third kappa shape index (κ3) is 2.62. The number of aliphatic hydroxyl groups is 2. The number of aliphatic hydroxyl groups excluding tert-OH is 2. The molecule has 1 aromatic heterocycles. The number of nitrogens with two attached hydrogens (primary N) is 1. The van der Waals surface area contributed by atoms with Crippen molar-refractivity contribution in [1.82, 2.24) is 4.98 Å². The molecule has 2 atom stereocenters. The van der Waals surface area contributed by atoms with Crippen LogP contribution >= 0.6 is 11.6 Å². The van der Waals surface area contributed by atoms with E-state index in [1.807, 2.05) is 0 Å². The summed E-state index contributed by atoms with van der Waals surface area (Å²) < 4.78 is 12.7. The van der Waals surface area contributed by atoms with Crippen LogP contribution in [0.4, 0.5) is 4.39 Å². The molecular weight excluding hydrogens is 227 g/mol. The van der Waals surface area contributed by atoms with E-state index in [9.17, 15) is 14.3 Å². The molecule has 82 valence electrons. The molecule has 1 aromatic rings. The number of rotatable bonds is 3. The molecular formula is C8H8ClFN2O3. The van der Waals surface area contributed by atoms with E-state index in [0.29, 0.717) is 0 Å². The van der Waals surface area contributed by atoms with Gasteiger partial charge in [0.15, 0.2) is 6.10 Å². The Kier molecular flexibility index (Phi) is 3.57. The van der Waals surface area contributed by atoms with Crippen molar-refractivity contribution in [2.75, 3.05) is 0 Å². The maximum Gasteiger partial charge on any atom is 0.249 e. The van der Waals surface area contributed by atoms with Crippen molar-refractivity contribution in [3.63, 3.8) is 0 Å². The summed E-state index contributed by atoms with van der Waals surface area (Å²) in [5.41, 5.74) is 4.56. The standard InChI is InChI=1S/C8H8ClFN2O3/c9-7-4(1-3(10)2-12-7)5(13)6(14)8(11)15/h1-2,5-6,13-14H,(H2,11,15). The summed E-state index contributed by atoms with van der Waals surface area (Å²) in [6.45, 7) is 0. The molecule has 1 amide bonds. The number of carbonyl (C=O) groups excluding carboxylic acids is 1. The first-order valence-corrected chi connectivity index (χ1v) is 4.27. The van der Waals surface area contributed by atoms with Gasteiger partial charge in [-0.05, 0) is 6.07 Å². The Bertz CT molecular complexity index is 388. The van der Waals surface area contributed by atoms with Crippen LogP contribution in [0.15, 0.2) is 12.3 Å². The summed E-state index contributed by atoms with van der Waals surface area (Å²) in [5, 5.41) is 18.3. The number of aromatic nitrogens is 1. The Morgan fingerprint density at radius 1 is 1.60 bits per heavy atom. The van der Waals surface area contributed by atoms with Crippen molar-refractivity contribution in [2.24, 2.45) is 5.73 Å². The lowest BCUT2D eigenvalue weighted by Crippen LogP contribution is -2.34. The van der Waals surface area contributed by atoms with Crippen LogP contribution in [0.25, 0.3) is 0 Å². The van der Waals surface area contributed by atoms with Crippen LogP contribution in [0.3, 0.4) is 0 Å². The average Bonchev–Trinajstić information content (AvgIpc) is 2.19. The minimum absolute atomic E-state index is 0.192. The molecule has 0 aliphatic heterocycles. The number of hydrogen-bond acceptors (Lipinski definition) is 4. The maximum absolute atomic E-state index is 12.7. The van der Waals surface area contributed by atoms with Gasteiger partial charge in [0.2, 0.25) is 5.91 Å². The zero-order valence-electron chi connectivity index (χ0n) is 7.39. The van der Waals surface area contributed by atoms with Crippen molar-refractivity contribution in [3.05, 3.63) is 28.8 Å². The van der Waals surface area contributed by atoms with Gasteiger partial charge in [0, 0.05) is 5.56 Å². The second-order valence-corrected chi connectivity index (χ2v) is 3.18. The zero-order valence-corrected chi connectivity index (χ0v) is 8.15. The highest BCUT2D eigenvalue weighted by molar-refractivity contribution is 6.30. The predicted molar refractivity (Wildman–Crippen MR) is 49.4 cm³/mol. The topological polar surface area (TPSA) is 96.4 Å². The smallest absolute Gasteiger partial charge is 0.249 e. The molecule has 0 radical (unpaired) electrons. The van der Waals surface area contributed by atoms with E-state index < -0.39 is 23.9 Å². The third-order valence-corrected chi connectivity index (χ3v) is 2.06. The van der Waals surface area contributed by atoms with Crippen molar-refractivity contribution in [1.29, 1.82) is 0 Å². The molecule has 15 heavy (non-hydrogen) atoms. The number of carbonyl (C=O) groups is 1. The summed E-state index contributed by atoms with van der Waals surface area (Å²) >= 11 is 5.54. The van der Waals surface area contributed by atoms with Gasteiger partial charge >= 0.3 is 0 Å². The first kappa shape index (κ1) is 11.8. The molecule has 1 heterocycles. The number of nitrogens with zero attached hydrogens (tertiary/aromatic N) is 1. The van der Waals surface area contributed by atoms with Gasteiger partial charge in [-0.1, -0.05) is 11.6 Å². The molecule has 1 rings (SSSR count). The Morgan fingerprint density at radius 3 is 2.73 bits per heavy atom. The van der Waals surface area contributed by atoms with Gasteiger partial charge < -0.3 is 15.9 Å². The minimum Gasteiger partial charge on any atom is -0.385 e. The summed E-state index contributed by atoms with van der Waals surface area (Å²) in [6, 6.07) is 0.867. The molecule has 0 spiro atoms. The summed E-state index contributed by atoms with van der Waals surface area (Å²) in [5.74, 6) is -1.88. The van der Waals surface area contributed by atoms with Crippen molar-refractivity contribution in [3.8, 4) is 0 Å². The zero-order chi connectivity index (χ0) is 11.6. The van der Waals surface area contributed by atoms with Crippen LogP contribution in [0.2, 0.25) is 5.15 Å². The fourth-order valence-electron chi connectivity index (χ4n) is 0.971. The third-order valence-electron chi connectivity index (χ3n) is 1.74. The molecule has 0 fully saturated rings. The Morgan fingerprint density at radius 2 is 2.20 bits per heavy atom. The monoisotopic (exact) mass is 234 g/mol. The maximum atomic E-state index is 12.7. The Hall–Kier alpha value is -1.24. The van der Waals surface area contributed by atoms with E-state index >= 15 is 0 Å². The van der Waals surface area contributed by atoms with Crippen LogP contribution in [0, 0.1) is 5.82 Å². The fraction of sp³-hybridized carbons (Fsp3) is 0.250. The van der Waals surface area contributed by atoms with Gasteiger partial charge in [0.1, 0.15) is 17.1 Å². The van der Waals surface area contributed by atoms with Crippen molar-refractivity contribution in [2.45, 2.75) is 12.2 Å². The van der Waals surface area contributed by atoms with Gasteiger partial charge in [-0.15, -0.1) is 0 Å². The first-order chi connectivity index (χ1) is 6.93. The molecule has 0 bridgehead atoms. The first-order valence-electron chi connectivity index (χ1n) is 3.90. The second kappa shape index (κ2) is 4.52. The van der Waals surface area contributed by atoms with E-state index in [1.165, 1.54) is 0 Å². The highest BCUT2D eigenvalue weighted by Crippen LogP contribution is 2.24. The highest BCUT2D eigenvalue weighted by Gasteiger charge is 2.26. The van der Waals surface area contributed by atoms with E-state index in [1.54, 1.807) is 0 Å². The molecule has 5 nitrogen and oxygen atoms in total. The largest absolute Gasteiger partial charge is 0.385 e. The van der Waals surface area contributed by atoms with Crippen LogP contribution < -0.4 is 5.73 Å². The van der Waals surface area contributed by atoms with Gasteiger partial charge in [-0.2, -0.15) is 0 Å². The minimum atomic E-state index is -1.86. The van der Waals surface area contributed by atoms with E-state index in [4.69, 9.17) is 22.4 Å². The number of pyridine rings is 1. The summed E-state index contributed by atoms with van der Waals surface area (Å²) in [6.07, 6.45) is -2.71. The Balaban J connectivity index is 3.04. The van der Waals surface area contributed by atoms with Crippen molar-refractivity contribution < 1.29 is 19.4 Å². The molecule has 0 aliphatic carbocycles. The fourth-order valence-corrected chi connectivity index (χ4v) is 1.19. The lowest BCUT2D eigenvalue weighted by molar-refractivity contribution is -0.131. The average molecular weight is 235 g/mol.